The van der Waals surface area contributed by atoms with E-state index in [9.17, 15) is 10.2 Å². The Balaban J connectivity index is 1.98. The molecule has 1 fully saturated rings. The summed E-state index contributed by atoms with van der Waals surface area (Å²) >= 11 is 1.06. The molecule has 1 aliphatic heterocycles. The third-order valence-electron chi connectivity index (χ3n) is 2.56. The number of aliphatic hydroxyl groups is 3. The van der Waals surface area contributed by atoms with Crippen molar-refractivity contribution in [3.63, 3.8) is 0 Å². The Kier molecular flexibility index (Phi) is 3.74. The molecule has 0 spiro atoms. The maximum Gasteiger partial charge on any atom is 0.233 e. The van der Waals surface area contributed by atoms with E-state index in [1.54, 1.807) is 0 Å². The molecular weight excluding hydrogens is 248 g/mol. The maximum absolute atomic E-state index is 9.83. The van der Waals surface area contributed by atoms with Crippen LogP contribution in [0.3, 0.4) is 0 Å². The number of nitrogen functional groups attached to an aromatic ring is 1. The Labute approximate surface area is 101 Å². The Morgan fingerprint density at radius 2 is 2.24 bits per heavy atom. The van der Waals surface area contributed by atoms with Crippen molar-refractivity contribution in [2.75, 3.05) is 24.3 Å². The predicted octanol–water partition coefficient (Wildman–Crippen LogP) is -1.99. The van der Waals surface area contributed by atoms with Gasteiger partial charge in [-0.1, -0.05) is 0 Å². The fourth-order valence-corrected chi connectivity index (χ4v) is 2.18. The second-order valence-corrected chi connectivity index (χ2v) is 4.50. The standard InChI is InChI=1S/C8H14N4O4S/c9-7-11-8(17-12-7)10-3-2-16-4(1-13)6(15)5(3)14/h3-6,13-15H,1-2H2,(H3,9,10,11,12)/t3-,4+,5+,6-/m0/s1. The zero-order chi connectivity index (χ0) is 12.4. The minimum atomic E-state index is -1.14. The smallest absolute Gasteiger partial charge is 0.233 e. The summed E-state index contributed by atoms with van der Waals surface area (Å²) in [6.07, 6.45) is -2.95. The number of aromatic nitrogens is 2. The van der Waals surface area contributed by atoms with Crippen LogP contribution in [0.1, 0.15) is 0 Å². The quantitative estimate of drug-likeness (QED) is 0.423. The second-order valence-electron chi connectivity index (χ2n) is 3.74. The first kappa shape index (κ1) is 12.5. The van der Waals surface area contributed by atoms with Crippen LogP contribution in [-0.2, 0) is 4.74 Å². The Bertz CT molecular complexity index is 376. The van der Waals surface area contributed by atoms with Crippen molar-refractivity contribution in [3.05, 3.63) is 0 Å². The topological polar surface area (TPSA) is 134 Å². The van der Waals surface area contributed by atoms with Crippen LogP contribution >= 0.6 is 11.5 Å². The van der Waals surface area contributed by atoms with E-state index in [1.807, 2.05) is 0 Å². The second kappa shape index (κ2) is 5.10. The largest absolute Gasteiger partial charge is 0.394 e. The lowest BCUT2D eigenvalue weighted by molar-refractivity contribution is -0.152. The molecule has 0 aromatic carbocycles. The van der Waals surface area contributed by atoms with Crippen molar-refractivity contribution >= 4 is 22.6 Å². The molecule has 9 heteroatoms. The summed E-state index contributed by atoms with van der Waals surface area (Å²) in [5.74, 6) is 0.150. The van der Waals surface area contributed by atoms with Crippen LogP contribution in [0.4, 0.5) is 11.1 Å². The molecule has 0 aliphatic carbocycles. The first-order chi connectivity index (χ1) is 8.11. The average Bonchev–Trinajstić information content (AvgIpc) is 2.71. The molecule has 0 radical (unpaired) electrons. The number of hydrogen-bond donors (Lipinski definition) is 5. The van der Waals surface area contributed by atoms with Crippen LogP contribution in [0.15, 0.2) is 0 Å². The van der Waals surface area contributed by atoms with Crippen LogP contribution in [0.5, 0.6) is 0 Å². The van der Waals surface area contributed by atoms with Gasteiger partial charge in [0.2, 0.25) is 11.1 Å². The molecule has 0 bridgehead atoms. The number of nitrogens with two attached hydrogens (primary N) is 1. The van der Waals surface area contributed by atoms with Crippen molar-refractivity contribution < 1.29 is 20.1 Å². The van der Waals surface area contributed by atoms with E-state index >= 15 is 0 Å². The lowest BCUT2D eigenvalue weighted by atomic mass is 9.99. The first-order valence-corrected chi connectivity index (χ1v) is 5.83. The van der Waals surface area contributed by atoms with Gasteiger partial charge in [-0.25, -0.2) is 0 Å². The van der Waals surface area contributed by atoms with E-state index < -0.39 is 24.4 Å². The summed E-state index contributed by atoms with van der Waals surface area (Å²) in [4.78, 5) is 3.88. The lowest BCUT2D eigenvalue weighted by Crippen LogP contribution is -2.56. The summed E-state index contributed by atoms with van der Waals surface area (Å²) in [6, 6.07) is -0.514. The van der Waals surface area contributed by atoms with E-state index in [0.29, 0.717) is 5.13 Å². The highest BCUT2D eigenvalue weighted by Gasteiger charge is 2.38. The highest BCUT2D eigenvalue weighted by molar-refractivity contribution is 7.09. The zero-order valence-corrected chi connectivity index (χ0v) is 9.67. The highest BCUT2D eigenvalue weighted by Crippen LogP contribution is 2.20. The van der Waals surface area contributed by atoms with Crippen LogP contribution in [0, 0.1) is 0 Å². The molecule has 0 amide bonds. The molecule has 1 aliphatic rings. The summed E-state index contributed by atoms with van der Waals surface area (Å²) in [7, 11) is 0. The lowest BCUT2D eigenvalue weighted by Gasteiger charge is -2.36. The summed E-state index contributed by atoms with van der Waals surface area (Å²) in [6.45, 7) is -0.181. The minimum absolute atomic E-state index is 0.150. The molecule has 1 aromatic heterocycles. The molecule has 4 atom stereocenters. The fourth-order valence-electron chi connectivity index (χ4n) is 1.62. The van der Waals surface area contributed by atoms with Gasteiger partial charge in [0.25, 0.3) is 0 Å². The van der Waals surface area contributed by atoms with E-state index in [4.69, 9.17) is 15.6 Å². The van der Waals surface area contributed by atoms with E-state index in [1.165, 1.54) is 0 Å². The van der Waals surface area contributed by atoms with Gasteiger partial charge in [-0.15, -0.1) is 0 Å². The first-order valence-electron chi connectivity index (χ1n) is 5.06. The van der Waals surface area contributed by atoms with Crippen molar-refractivity contribution in [1.82, 2.24) is 9.36 Å². The molecule has 0 unspecified atom stereocenters. The average molecular weight is 262 g/mol. The van der Waals surface area contributed by atoms with Gasteiger partial charge in [0.05, 0.1) is 19.3 Å². The number of anilines is 2. The van der Waals surface area contributed by atoms with Gasteiger partial charge in [-0.2, -0.15) is 9.36 Å². The molecule has 1 aromatic rings. The molecule has 17 heavy (non-hydrogen) atoms. The van der Waals surface area contributed by atoms with E-state index in [-0.39, 0.29) is 19.2 Å². The highest BCUT2D eigenvalue weighted by atomic mass is 32.1. The van der Waals surface area contributed by atoms with Crippen LogP contribution < -0.4 is 11.1 Å². The van der Waals surface area contributed by atoms with Gasteiger partial charge < -0.3 is 31.1 Å². The van der Waals surface area contributed by atoms with Gasteiger partial charge >= 0.3 is 0 Å². The number of rotatable bonds is 3. The Morgan fingerprint density at radius 3 is 2.82 bits per heavy atom. The van der Waals surface area contributed by atoms with E-state index in [0.717, 1.165) is 11.5 Å². The molecule has 96 valence electrons. The predicted molar refractivity (Wildman–Crippen MR) is 60.6 cm³/mol. The number of nitrogens with one attached hydrogen (secondary N) is 1. The number of ether oxygens (including phenoxy) is 1. The van der Waals surface area contributed by atoms with Crippen LogP contribution in [0.25, 0.3) is 0 Å². The molecule has 2 heterocycles. The minimum Gasteiger partial charge on any atom is -0.394 e. The third kappa shape index (κ3) is 2.64. The van der Waals surface area contributed by atoms with Gasteiger partial charge in [-0.3, -0.25) is 0 Å². The number of aliphatic hydroxyl groups excluding tert-OH is 3. The Morgan fingerprint density at radius 1 is 1.47 bits per heavy atom. The Hall–Kier alpha value is -1.00. The maximum atomic E-state index is 9.83. The summed E-state index contributed by atoms with van der Waals surface area (Å²) < 4.78 is 8.98. The molecule has 0 saturated carbocycles. The van der Waals surface area contributed by atoms with Crippen molar-refractivity contribution in [2.24, 2.45) is 0 Å². The molecule has 2 rings (SSSR count). The third-order valence-corrected chi connectivity index (χ3v) is 3.22. The molecule has 6 N–H and O–H groups in total. The number of nitrogens with zero attached hydrogens (tertiary/aromatic N) is 2. The van der Waals surface area contributed by atoms with Gasteiger partial charge in [0, 0.05) is 11.5 Å². The SMILES string of the molecule is Nc1nsc(N[C@H]2CO[C@H](CO)[C@H](O)[C@@H]2O)n1. The summed E-state index contributed by atoms with van der Waals surface area (Å²) in [5.41, 5.74) is 5.36. The monoisotopic (exact) mass is 262 g/mol. The fraction of sp³-hybridized carbons (Fsp3) is 0.750. The number of hydrogen-bond acceptors (Lipinski definition) is 9. The van der Waals surface area contributed by atoms with Crippen molar-refractivity contribution in [2.45, 2.75) is 24.4 Å². The molecular formula is C8H14N4O4S. The van der Waals surface area contributed by atoms with Crippen molar-refractivity contribution in [3.8, 4) is 0 Å². The van der Waals surface area contributed by atoms with Gasteiger partial charge in [-0.05, 0) is 0 Å². The normalized spacial score (nSPS) is 33.6. The van der Waals surface area contributed by atoms with Crippen LogP contribution in [-0.4, -0.2) is 62.2 Å². The zero-order valence-electron chi connectivity index (χ0n) is 8.85. The van der Waals surface area contributed by atoms with Crippen LogP contribution in [0.2, 0.25) is 0 Å². The molecule has 1 saturated heterocycles. The molecule has 8 nitrogen and oxygen atoms in total. The van der Waals surface area contributed by atoms with Gasteiger partial charge in [0.1, 0.15) is 18.3 Å². The summed E-state index contributed by atoms with van der Waals surface area (Å²) in [5, 5.41) is 31.7. The van der Waals surface area contributed by atoms with Gasteiger partial charge in [0.15, 0.2) is 0 Å². The van der Waals surface area contributed by atoms with Crippen molar-refractivity contribution in [1.29, 1.82) is 0 Å². The van der Waals surface area contributed by atoms with E-state index in [2.05, 4.69) is 14.7 Å².